The van der Waals surface area contributed by atoms with Crippen LogP contribution in [0.1, 0.15) is 12.0 Å². The van der Waals surface area contributed by atoms with Gasteiger partial charge in [0.05, 0.1) is 23.4 Å². The van der Waals surface area contributed by atoms with Gasteiger partial charge in [0.2, 0.25) is 5.91 Å². The molecule has 0 bridgehead atoms. The lowest BCUT2D eigenvalue weighted by Crippen LogP contribution is -2.43. The van der Waals surface area contributed by atoms with Crippen molar-refractivity contribution in [1.82, 2.24) is 9.88 Å². The molecule has 0 unspecified atom stereocenters. The molecule has 8 heteroatoms. The van der Waals surface area contributed by atoms with Crippen molar-refractivity contribution in [3.05, 3.63) is 53.1 Å². The van der Waals surface area contributed by atoms with Crippen LogP contribution in [0.25, 0.3) is 10.2 Å². The van der Waals surface area contributed by atoms with Crippen LogP contribution in [0.2, 0.25) is 5.02 Å². The van der Waals surface area contributed by atoms with Crippen LogP contribution >= 0.6 is 34.7 Å². The van der Waals surface area contributed by atoms with Crippen molar-refractivity contribution in [2.75, 3.05) is 50.0 Å². The van der Waals surface area contributed by atoms with Crippen molar-refractivity contribution in [2.24, 2.45) is 0 Å². The fourth-order valence-electron chi connectivity index (χ4n) is 3.42. The van der Waals surface area contributed by atoms with E-state index in [0.29, 0.717) is 18.0 Å². The van der Waals surface area contributed by atoms with Crippen molar-refractivity contribution >= 4 is 56.0 Å². The van der Waals surface area contributed by atoms with Crippen LogP contribution in [0.3, 0.4) is 0 Å². The summed E-state index contributed by atoms with van der Waals surface area (Å²) in [5, 5.41) is 1.43. The minimum Gasteiger partial charge on any atom is -0.379 e. The molecule has 1 aromatic heterocycles. The van der Waals surface area contributed by atoms with Gasteiger partial charge in [-0.2, -0.15) is 0 Å². The molecule has 3 aromatic rings. The molecule has 4 rings (SSSR count). The van der Waals surface area contributed by atoms with Crippen LogP contribution in [-0.4, -0.2) is 60.9 Å². The standard InChI is InChI=1S/C23H26ClN3O2S2/c1-17-2-5-19(6-3-17)30-15-8-22(28)27(10-9-26-11-13-29-14-12-26)23-25-20-7-4-18(24)16-21(20)31-23/h2-7,16H,8-15H2,1H3. The van der Waals surface area contributed by atoms with Gasteiger partial charge >= 0.3 is 0 Å². The largest absolute Gasteiger partial charge is 0.379 e. The van der Waals surface area contributed by atoms with Gasteiger partial charge in [-0.3, -0.25) is 14.6 Å². The molecule has 31 heavy (non-hydrogen) atoms. The fraction of sp³-hybridized carbons (Fsp3) is 0.391. The summed E-state index contributed by atoms with van der Waals surface area (Å²) in [6, 6.07) is 14.1. The highest BCUT2D eigenvalue weighted by Crippen LogP contribution is 2.31. The Morgan fingerprint density at radius 1 is 1.23 bits per heavy atom. The van der Waals surface area contributed by atoms with Crippen LogP contribution in [0.4, 0.5) is 5.13 Å². The van der Waals surface area contributed by atoms with Gasteiger partial charge in [0.15, 0.2) is 5.13 Å². The lowest BCUT2D eigenvalue weighted by Gasteiger charge is -2.29. The first kappa shape index (κ1) is 22.6. The highest BCUT2D eigenvalue weighted by atomic mass is 35.5. The van der Waals surface area contributed by atoms with Crippen molar-refractivity contribution in [3.63, 3.8) is 0 Å². The third-order valence-corrected chi connectivity index (χ3v) is 7.51. The Balaban J connectivity index is 1.44. The molecule has 1 fully saturated rings. The number of hydrogen-bond acceptors (Lipinski definition) is 6. The number of ether oxygens (including phenoxy) is 1. The molecule has 1 amide bonds. The number of thiazole rings is 1. The summed E-state index contributed by atoms with van der Waals surface area (Å²) in [5.74, 6) is 0.852. The summed E-state index contributed by atoms with van der Waals surface area (Å²) in [6.07, 6.45) is 0.471. The number of thioether (sulfide) groups is 1. The maximum absolute atomic E-state index is 13.2. The Morgan fingerprint density at radius 3 is 2.77 bits per heavy atom. The van der Waals surface area contributed by atoms with Crippen molar-refractivity contribution in [1.29, 1.82) is 0 Å². The van der Waals surface area contributed by atoms with E-state index in [-0.39, 0.29) is 5.91 Å². The highest BCUT2D eigenvalue weighted by Gasteiger charge is 2.21. The van der Waals surface area contributed by atoms with E-state index in [2.05, 4.69) is 36.1 Å². The minimum atomic E-state index is 0.109. The average Bonchev–Trinajstić information content (AvgIpc) is 3.19. The van der Waals surface area contributed by atoms with Gasteiger partial charge < -0.3 is 4.74 Å². The van der Waals surface area contributed by atoms with Gasteiger partial charge in [-0.1, -0.05) is 40.6 Å². The summed E-state index contributed by atoms with van der Waals surface area (Å²) >= 11 is 9.39. The number of morpholine rings is 1. The molecule has 0 aliphatic carbocycles. The molecule has 1 aliphatic rings. The first-order valence-electron chi connectivity index (χ1n) is 10.4. The molecule has 5 nitrogen and oxygen atoms in total. The van der Waals surface area contributed by atoms with Gasteiger partial charge in [0.25, 0.3) is 0 Å². The molecule has 1 saturated heterocycles. The van der Waals surface area contributed by atoms with E-state index in [4.69, 9.17) is 21.3 Å². The highest BCUT2D eigenvalue weighted by molar-refractivity contribution is 7.99. The number of halogens is 1. The molecule has 164 valence electrons. The van der Waals surface area contributed by atoms with E-state index >= 15 is 0 Å². The second-order valence-corrected chi connectivity index (χ2v) is 10.1. The summed E-state index contributed by atoms with van der Waals surface area (Å²) in [4.78, 5) is 23.3. The molecule has 2 heterocycles. The number of amides is 1. The Labute approximate surface area is 196 Å². The van der Waals surface area contributed by atoms with Gasteiger partial charge in [0.1, 0.15) is 0 Å². The topological polar surface area (TPSA) is 45.7 Å². The van der Waals surface area contributed by atoms with Crippen LogP contribution in [0.15, 0.2) is 47.4 Å². The molecule has 0 atom stereocenters. The minimum absolute atomic E-state index is 0.109. The predicted molar refractivity (Wildman–Crippen MR) is 131 cm³/mol. The molecular weight excluding hydrogens is 450 g/mol. The summed E-state index contributed by atoms with van der Waals surface area (Å²) < 4.78 is 6.45. The lowest BCUT2D eigenvalue weighted by molar-refractivity contribution is -0.118. The number of nitrogens with zero attached hydrogens (tertiary/aromatic N) is 3. The maximum atomic E-state index is 13.2. The zero-order valence-electron chi connectivity index (χ0n) is 17.6. The number of benzene rings is 2. The number of anilines is 1. The molecule has 1 aliphatic heterocycles. The molecule has 0 saturated carbocycles. The number of aryl methyl sites for hydroxylation is 1. The fourth-order valence-corrected chi connectivity index (χ4v) is 5.55. The molecule has 2 aromatic carbocycles. The number of rotatable bonds is 8. The SMILES string of the molecule is Cc1ccc(SCCC(=O)N(CCN2CCOCC2)c2nc3ccc(Cl)cc3s2)cc1. The molecule has 0 radical (unpaired) electrons. The van der Waals surface area contributed by atoms with E-state index in [1.54, 1.807) is 11.8 Å². The van der Waals surface area contributed by atoms with Crippen molar-refractivity contribution < 1.29 is 9.53 Å². The van der Waals surface area contributed by atoms with E-state index in [9.17, 15) is 4.79 Å². The second-order valence-electron chi connectivity index (χ2n) is 7.52. The van der Waals surface area contributed by atoms with Crippen LogP contribution < -0.4 is 4.90 Å². The van der Waals surface area contributed by atoms with Crippen LogP contribution in [-0.2, 0) is 9.53 Å². The van der Waals surface area contributed by atoms with Crippen molar-refractivity contribution in [3.8, 4) is 0 Å². The quantitative estimate of drug-likeness (QED) is 0.424. The maximum Gasteiger partial charge on any atom is 0.229 e. The summed E-state index contributed by atoms with van der Waals surface area (Å²) in [6.45, 7) is 6.83. The Hall–Kier alpha value is -1.64. The lowest BCUT2D eigenvalue weighted by atomic mass is 10.2. The smallest absolute Gasteiger partial charge is 0.229 e. The first-order valence-corrected chi connectivity index (χ1v) is 12.6. The third kappa shape index (κ3) is 6.20. The molecular formula is C23H26ClN3O2S2. The zero-order chi connectivity index (χ0) is 21.6. The van der Waals surface area contributed by atoms with E-state index < -0.39 is 0 Å². The second kappa shape index (κ2) is 10.8. The normalized spacial score (nSPS) is 14.8. The van der Waals surface area contributed by atoms with Gasteiger partial charge in [-0.15, -0.1) is 11.8 Å². The molecule has 0 N–H and O–H groups in total. The number of carbonyl (C=O) groups is 1. The van der Waals surface area contributed by atoms with Crippen LogP contribution in [0, 0.1) is 6.92 Å². The number of carbonyl (C=O) groups excluding carboxylic acids is 1. The zero-order valence-corrected chi connectivity index (χ0v) is 19.9. The van der Waals surface area contributed by atoms with E-state index in [0.717, 1.165) is 53.9 Å². The number of aromatic nitrogens is 1. The van der Waals surface area contributed by atoms with Gasteiger partial charge in [0, 0.05) is 48.3 Å². The Kier molecular flexibility index (Phi) is 7.85. The van der Waals surface area contributed by atoms with Crippen LogP contribution in [0.5, 0.6) is 0 Å². The number of fused-ring (bicyclic) bond motifs is 1. The van der Waals surface area contributed by atoms with Crippen molar-refractivity contribution in [2.45, 2.75) is 18.2 Å². The van der Waals surface area contributed by atoms with E-state index in [1.165, 1.54) is 21.8 Å². The Bertz CT molecular complexity index is 1020. The predicted octanol–water partition coefficient (Wildman–Crippen LogP) is 5.11. The summed E-state index contributed by atoms with van der Waals surface area (Å²) in [5.41, 5.74) is 2.12. The third-order valence-electron chi connectivity index (χ3n) is 5.22. The Morgan fingerprint density at radius 2 is 2.00 bits per heavy atom. The number of hydrogen-bond donors (Lipinski definition) is 0. The summed E-state index contributed by atoms with van der Waals surface area (Å²) in [7, 11) is 0. The van der Waals surface area contributed by atoms with Gasteiger partial charge in [-0.05, 0) is 37.3 Å². The monoisotopic (exact) mass is 475 g/mol. The molecule has 0 spiro atoms. The van der Waals surface area contributed by atoms with E-state index in [1.807, 2.05) is 23.1 Å². The van der Waals surface area contributed by atoms with Gasteiger partial charge in [-0.25, -0.2) is 4.98 Å². The average molecular weight is 476 g/mol. The first-order chi connectivity index (χ1) is 15.1.